The Labute approximate surface area is 113 Å². The zero-order chi connectivity index (χ0) is 12.1. The summed E-state index contributed by atoms with van der Waals surface area (Å²) in [6.45, 7) is 3.98. The fourth-order valence-electron chi connectivity index (χ4n) is 1.36. The largest absolute Gasteiger partial charge is 0.350 e. The standard InChI is InChI=1S/C12H15Br2NO/c1-8-4-3-5-10(11(8)14)12(16)15-9(2)6-7-13/h3-5,9H,6-7H2,1-2H3,(H,15,16). The van der Waals surface area contributed by atoms with Crippen LogP contribution in [0.3, 0.4) is 0 Å². The number of nitrogens with one attached hydrogen (secondary N) is 1. The summed E-state index contributed by atoms with van der Waals surface area (Å²) < 4.78 is 0.874. The predicted molar refractivity (Wildman–Crippen MR) is 74.2 cm³/mol. The van der Waals surface area contributed by atoms with Crippen LogP contribution in [0.2, 0.25) is 0 Å². The van der Waals surface area contributed by atoms with E-state index in [0.29, 0.717) is 5.56 Å². The summed E-state index contributed by atoms with van der Waals surface area (Å²) in [6.07, 6.45) is 0.926. The molecular formula is C12H15Br2NO. The third kappa shape index (κ3) is 3.59. The average molecular weight is 349 g/mol. The summed E-state index contributed by atoms with van der Waals surface area (Å²) in [5.41, 5.74) is 1.77. The average Bonchev–Trinajstić information content (AvgIpc) is 2.22. The molecule has 1 rings (SSSR count). The van der Waals surface area contributed by atoms with E-state index in [2.05, 4.69) is 37.2 Å². The fraction of sp³-hybridized carbons (Fsp3) is 0.417. The molecule has 1 atom stereocenters. The van der Waals surface area contributed by atoms with Crippen molar-refractivity contribution in [3.63, 3.8) is 0 Å². The molecule has 1 N–H and O–H groups in total. The van der Waals surface area contributed by atoms with Crippen LogP contribution in [-0.4, -0.2) is 17.3 Å². The third-order valence-electron chi connectivity index (χ3n) is 2.36. The van der Waals surface area contributed by atoms with E-state index in [1.165, 1.54) is 0 Å². The minimum atomic E-state index is -0.0241. The molecule has 0 saturated heterocycles. The second-order valence-corrected chi connectivity index (χ2v) is 5.37. The highest BCUT2D eigenvalue weighted by molar-refractivity contribution is 9.10. The fourth-order valence-corrected chi connectivity index (χ4v) is 2.49. The predicted octanol–water partition coefficient (Wildman–Crippen LogP) is 3.66. The summed E-state index contributed by atoms with van der Waals surface area (Å²) in [6, 6.07) is 5.87. The van der Waals surface area contributed by atoms with Gasteiger partial charge in [0.25, 0.3) is 5.91 Å². The van der Waals surface area contributed by atoms with Crippen molar-refractivity contribution in [2.24, 2.45) is 0 Å². The van der Waals surface area contributed by atoms with E-state index in [1.807, 2.05) is 32.0 Å². The zero-order valence-electron chi connectivity index (χ0n) is 9.39. The number of amides is 1. The van der Waals surface area contributed by atoms with E-state index in [4.69, 9.17) is 0 Å². The first-order valence-corrected chi connectivity index (χ1v) is 7.09. The van der Waals surface area contributed by atoms with Gasteiger partial charge >= 0.3 is 0 Å². The summed E-state index contributed by atoms with van der Waals surface area (Å²) in [5, 5.41) is 3.86. The first-order valence-electron chi connectivity index (χ1n) is 5.18. The van der Waals surface area contributed by atoms with Crippen molar-refractivity contribution < 1.29 is 4.79 Å². The molecule has 16 heavy (non-hydrogen) atoms. The molecule has 0 aromatic heterocycles. The van der Waals surface area contributed by atoms with Crippen molar-refractivity contribution in [3.05, 3.63) is 33.8 Å². The highest BCUT2D eigenvalue weighted by atomic mass is 79.9. The minimum Gasteiger partial charge on any atom is -0.350 e. The lowest BCUT2D eigenvalue weighted by molar-refractivity contribution is 0.0938. The van der Waals surface area contributed by atoms with Gasteiger partial charge in [0, 0.05) is 15.8 Å². The molecule has 1 amide bonds. The van der Waals surface area contributed by atoms with Crippen LogP contribution >= 0.6 is 31.9 Å². The number of hydrogen-bond acceptors (Lipinski definition) is 1. The quantitative estimate of drug-likeness (QED) is 0.826. The maximum Gasteiger partial charge on any atom is 0.252 e. The van der Waals surface area contributed by atoms with Crippen molar-refractivity contribution in [1.82, 2.24) is 5.32 Å². The van der Waals surface area contributed by atoms with Crippen molar-refractivity contribution in [2.75, 3.05) is 5.33 Å². The number of alkyl halides is 1. The number of aryl methyl sites for hydroxylation is 1. The molecule has 0 bridgehead atoms. The third-order valence-corrected chi connectivity index (χ3v) is 3.87. The van der Waals surface area contributed by atoms with Crippen molar-refractivity contribution in [1.29, 1.82) is 0 Å². The molecule has 0 radical (unpaired) electrons. The molecule has 0 aliphatic rings. The van der Waals surface area contributed by atoms with E-state index in [1.54, 1.807) is 0 Å². The first kappa shape index (κ1) is 13.7. The Hall–Kier alpha value is -0.350. The van der Waals surface area contributed by atoms with Gasteiger partial charge in [-0.2, -0.15) is 0 Å². The maximum absolute atomic E-state index is 11.9. The van der Waals surface area contributed by atoms with Crippen LogP contribution < -0.4 is 5.32 Å². The number of hydrogen-bond donors (Lipinski definition) is 1. The van der Waals surface area contributed by atoms with E-state index in [0.717, 1.165) is 21.8 Å². The number of halogens is 2. The lowest BCUT2D eigenvalue weighted by Gasteiger charge is -2.13. The highest BCUT2D eigenvalue weighted by Crippen LogP contribution is 2.21. The first-order chi connectivity index (χ1) is 7.56. The van der Waals surface area contributed by atoms with E-state index in [9.17, 15) is 4.79 Å². The number of rotatable bonds is 4. The van der Waals surface area contributed by atoms with Crippen LogP contribution in [0.4, 0.5) is 0 Å². The van der Waals surface area contributed by atoms with Crippen LogP contribution in [-0.2, 0) is 0 Å². The number of carbonyl (C=O) groups is 1. The zero-order valence-corrected chi connectivity index (χ0v) is 12.6. The molecule has 0 aliphatic carbocycles. The lowest BCUT2D eigenvalue weighted by atomic mass is 10.1. The molecule has 88 valence electrons. The molecule has 1 aromatic carbocycles. The number of carbonyl (C=O) groups excluding carboxylic acids is 1. The van der Waals surface area contributed by atoms with E-state index >= 15 is 0 Å². The Balaban J connectivity index is 2.77. The van der Waals surface area contributed by atoms with Crippen LogP contribution in [0.5, 0.6) is 0 Å². The monoisotopic (exact) mass is 347 g/mol. The molecule has 0 heterocycles. The van der Waals surface area contributed by atoms with Gasteiger partial charge in [-0.15, -0.1) is 0 Å². The van der Waals surface area contributed by atoms with Crippen molar-refractivity contribution in [2.45, 2.75) is 26.3 Å². The van der Waals surface area contributed by atoms with Gasteiger partial charge in [-0.25, -0.2) is 0 Å². The van der Waals surface area contributed by atoms with Gasteiger partial charge in [0.2, 0.25) is 0 Å². The highest BCUT2D eigenvalue weighted by Gasteiger charge is 2.13. The summed E-state index contributed by atoms with van der Waals surface area (Å²) in [7, 11) is 0. The van der Waals surface area contributed by atoms with Gasteiger partial charge in [-0.1, -0.05) is 28.1 Å². The van der Waals surface area contributed by atoms with Crippen LogP contribution in [0.15, 0.2) is 22.7 Å². The van der Waals surface area contributed by atoms with Gasteiger partial charge in [0.1, 0.15) is 0 Å². The molecule has 0 aliphatic heterocycles. The van der Waals surface area contributed by atoms with E-state index < -0.39 is 0 Å². The van der Waals surface area contributed by atoms with E-state index in [-0.39, 0.29) is 11.9 Å². The molecular weight excluding hydrogens is 334 g/mol. The maximum atomic E-state index is 11.9. The second-order valence-electron chi connectivity index (χ2n) is 3.79. The minimum absolute atomic E-state index is 0.0241. The summed E-state index contributed by atoms with van der Waals surface area (Å²) in [5.74, 6) is -0.0241. The Bertz CT molecular complexity index is 379. The second kappa shape index (κ2) is 6.40. The molecule has 0 spiro atoms. The Morgan fingerprint density at radius 2 is 2.19 bits per heavy atom. The van der Waals surface area contributed by atoms with Gasteiger partial charge in [0.15, 0.2) is 0 Å². The van der Waals surface area contributed by atoms with Crippen LogP contribution in [0.25, 0.3) is 0 Å². The van der Waals surface area contributed by atoms with Gasteiger partial charge < -0.3 is 5.32 Å². The Morgan fingerprint density at radius 1 is 1.50 bits per heavy atom. The molecule has 0 saturated carbocycles. The summed E-state index contributed by atoms with van der Waals surface area (Å²) in [4.78, 5) is 11.9. The SMILES string of the molecule is Cc1cccc(C(=O)NC(C)CCBr)c1Br. The van der Waals surface area contributed by atoms with Crippen LogP contribution in [0, 0.1) is 6.92 Å². The number of benzene rings is 1. The Morgan fingerprint density at radius 3 is 2.81 bits per heavy atom. The molecule has 2 nitrogen and oxygen atoms in total. The van der Waals surface area contributed by atoms with Crippen LogP contribution in [0.1, 0.15) is 29.3 Å². The molecule has 1 unspecified atom stereocenters. The normalized spacial score (nSPS) is 12.2. The van der Waals surface area contributed by atoms with Crippen molar-refractivity contribution >= 4 is 37.8 Å². The molecule has 0 fully saturated rings. The smallest absolute Gasteiger partial charge is 0.252 e. The molecule has 1 aromatic rings. The van der Waals surface area contributed by atoms with Gasteiger partial charge in [0.05, 0.1) is 5.56 Å². The van der Waals surface area contributed by atoms with Crippen molar-refractivity contribution in [3.8, 4) is 0 Å². The Kier molecular flexibility index (Phi) is 5.49. The topological polar surface area (TPSA) is 29.1 Å². The summed E-state index contributed by atoms with van der Waals surface area (Å²) >= 11 is 6.80. The molecule has 4 heteroatoms. The van der Waals surface area contributed by atoms with Gasteiger partial charge in [-0.3, -0.25) is 4.79 Å². The lowest BCUT2D eigenvalue weighted by Crippen LogP contribution is -2.33. The van der Waals surface area contributed by atoms with Gasteiger partial charge in [-0.05, 0) is 47.8 Å².